The summed E-state index contributed by atoms with van der Waals surface area (Å²) in [5.74, 6) is 1.29. The summed E-state index contributed by atoms with van der Waals surface area (Å²) in [4.78, 5) is 0. The van der Waals surface area contributed by atoms with Gasteiger partial charge < -0.3 is 30.5 Å². The molecule has 2 rings (SSSR count). The fraction of sp³-hybridized carbons (Fsp3) is 0.200. The van der Waals surface area contributed by atoms with Crippen LogP contribution in [0.4, 0.5) is 11.4 Å². The van der Waals surface area contributed by atoms with E-state index in [0.29, 0.717) is 29.4 Å². The average Bonchev–Trinajstić information content (AvgIpc) is 2.51. The number of benzene rings is 2. The SMILES string of the molecule is CC(CN)O[SiH](Oc1ccc(N)cc1)Oc1ccc(N)cc1. The van der Waals surface area contributed by atoms with E-state index in [1.165, 1.54) is 0 Å². The molecular weight excluding hydrogens is 298 g/mol. The van der Waals surface area contributed by atoms with Crippen molar-refractivity contribution >= 4 is 20.9 Å². The van der Waals surface area contributed by atoms with Crippen LogP contribution in [0.5, 0.6) is 11.5 Å². The van der Waals surface area contributed by atoms with E-state index in [4.69, 9.17) is 30.5 Å². The number of rotatable bonds is 7. The molecule has 6 nitrogen and oxygen atoms in total. The normalized spacial score (nSPS) is 12.1. The Morgan fingerprint density at radius 3 is 1.64 bits per heavy atom. The largest absolute Gasteiger partial charge is 0.616 e. The predicted octanol–water partition coefficient (Wildman–Crippen LogP) is 1.39. The first-order valence-electron chi connectivity index (χ1n) is 6.96. The van der Waals surface area contributed by atoms with Gasteiger partial charge in [0.1, 0.15) is 11.5 Å². The van der Waals surface area contributed by atoms with Crippen LogP contribution in [-0.4, -0.2) is 22.2 Å². The van der Waals surface area contributed by atoms with Crippen molar-refractivity contribution in [2.24, 2.45) is 5.73 Å². The van der Waals surface area contributed by atoms with Crippen LogP contribution >= 0.6 is 0 Å². The predicted molar refractivity (Wildman–Crippen MR) is 89.7 cm³/mol. The van der Waals surface area contributed by atoms with Gasteiger partial charge in [-0.25, -0.2) is 0 Å². The van der Waals surface area contributed by atoms with Gasteiger partial charge in [0.2, 0.25) is 0 Å². The molecule has 0 bridgehead atoms. The Kier molecular flexibility index (Phi) is 5.65. The molecule has 1 atom stereocenters. The minimum absolute atomic E-state index is 0.153. The summed E-state index contributed by atoms with van der Waals surface area (Å²) in [5.41, 5.74) is 18.3. The van der Waals surface area contributed by atoms with Gasteiger partial charge in [0, 0.05) is 17.9 Å². The molecule has 22 heavy (non-hydrogen) atoms. The molecule has 0 amide bonds. The van der Waals surface area contributed by atoms with Crippen LogP contribution in [0.2, 0.25) is 0 Å². The number of anilines is 2. The molecule has 0 radical (unpaired) electrons. The monoisotopic (exact) mass is 319 g/mol. The molecule has 118 valence electrons. The van der Waals surface area contributed by atoms with Gasteiger partial charge in [-0.15, -0.1) is 0 Å². The maximum absolute atomic E-state index is 5.83. The van der Waals surface area contributed by atoms with Crippen molar-refractivity contribution in [1.29, 1.82) is 0 Å². The van der Waals surface area contributed by atoms with Crippen LogP contribution in [0.3, 0.4) is 0 Å². The second-order valence-corrected chi connectivity index (χ2v) is 6.17. The van der Waals surface area contributed by atoms with Crippen molar-refractivity contribution < 1.29 is 13.3 Å². The molecule has 0 aliphatic carbocycles. The molecular formula is C15H21N3O3Si. The Hall–Kier alpha value is -2.22. The molecule has 0 aromatic heterocycles. The van der Waals surface area contributed by atoms with Crippen LogP contribution in [0, 0.1) is 0 Å². The van der Waals surface area contributed by atoms with Crippen LogP contribution in [0.1, 0.15) is 6.92 Å². The smallest absolute Gasteiger partial charge is 0.494 e. The molecule has 0 heterocycles. The molecule has 1 unspecified atom stereocenters. The van der Waals surface area contributed by atoms with E-state index in [1.54, 1.807) is 48.5 Å². The Morgan fingerprint density at radius 1 is 0.864 bits per heavy atom. The van der Waals surface area contributed by atoms with Crippen LogP contribution in [0.15, 0.2) is 48.5 Å². The van der Waals surface area contributed by atoms with Crippen LogP contribution in [-0.2, 0) is 4.43 Å². The Labute approximate surface area is 131 Å². The van der Waals surface area contributed by atoms with E-state index in [1.807, 2.05) is 6.92 Å². The van der Waals surface area contributed by atoms with Gasteiger partial charge >= 0.3 is 9.53 Å². The molecule has 0 saturated carbocycles. The topological polar surface area (TPSA) is 106 Å². The molecule has 0 aliphatic rings. The van der Waals surface area contributed by atoms with Gasteiger partial charge in [-0.1, -0.05) is 0 Å². The second-order valence-electron chi connectivity index (χ2n) is 4.84. The lowest BCUT2D eigenvalue weighted by molar-refractivity contribution is 0.147. The van der Waals surface area contributed by atoms with Crippen molar-refractivity contribution in [3.63, 3.8) is 0 Å². The third-order valence-electron chi connectivity index (χ3n) is 2.90. The highest BCUT2D eigenvalue weighted by Gasteiger charge is 2.22. The van der Waals surface area contributed by atoms with Gasteiger partial charge in [0.15, 0.2) is 0 Å². The Balaban J connectivity index is 2.07. The quantitative estimate of drug-likeness (QED) is 0.526. The van der Waals surface area contributed by atoms with Crippen molar-refractivity contribution in [2.75, 3.05) is 18.0 Å². The molecule has 0 spiro atoms. The van der Waals surface area contributed by atoms with Gasteiger partial charge in [-0.3, -0.25) is 0 Å². The van der Waals surface area contributed by atoms with Gasteiger partial charge in [0.05, 0.1) is 6.10 Å². The lowest BCUT2D eigenvalue weighted by Crippen LogP contribution is -2.39. The van der Waals surface area contributed by atoms with Crippen LogP contribution < -0.4 is 26.1 Å². The maximum Gasteiger partial charge on any atom is 0.616 e. The zero-order chi connectivity index (χ0) is 15.9. The first kappa shape index (κ1) is 16.2. The molecule has 6 N–H and O–H groups in total. The first-order chi connectivity index (χ1) is 10.6. The molecule has 7 heteroatoms. The summed E-state index contributed by atoms with van der Waals surface area (Å²) >= 11 is 0. The Bertz CT molecular complexity index is 530. The molecule has 0 saturated heterocycles. The van der Waals surface area contributed by atoms with E-state index in [0.717, 1.165) is 0 Å². The highest BCUT2D eigenvalue weighted by Crippen LogP contribution is 2.18. The zero-order valence-electron chi connectivity index (χ0n) is 12.4. The standard InChI is InChI=1S/C15H21N3O3Si/c1-11(10-16)19-22(20-14-6-2-12(17)3-7-14)21-15-8-4-13(18)5-9-15/h2-9,11,22H,10,16-18H2,1H3. The van der Waals surface area contributed by atoms with E-state index >= 15 is 0 Å². The lowest BCUT2D eigenvalue weighted by atomic mass is 10.3. The van der Waals surface area contributed by atoms with Crippen molar-refractivity contribution in [3.05, 3.63) is 48.5 Å². The highest BCUT2D eigenvalue weighted by molar-refractivity contribution is 6.38. The van der Waals surface area contributed by atoms with Gasteiger partial charge in [-0.05, 0) is 55.5 Å². The minimum Gasteiger partial charge on any atom is -0.494 e. The zero-order valence-corrected chi connectivity index (χ0v) is 13.6. The van der Waals surface area contributed by atoms with Crippen molar-refractivity contribution in [3.8, 4) is 11.5 Å². The number of nitrogens with two attached hydrogens (primary N) is 3. The molecule has 2 aromatic rings. The fourth-order valence-electron chi connectivity index (χ4n) is 1.64. The summed E-state index contributed by atoms with van der Waals surface area (Å²) in [7, 11) is -2.46. The van der Waals surface area contributed by atoms with E-state index in [-0.39, 0.29) is 6.10 Å². The maximum atomic E-state index is 5.83. The van der Waals surface area contributed by atoms with Crippen molar-refractivity contribution in [1.82, 2.24) is 0 Å². The average molecular weight is 319 g/mol. The summed E-state index contributed by atoms with van der Waals surface area (Å²) in [6, 6.07) is 14.1. The highest BCUT2D eigenvalue weighted by atomic mass is 28.3. The third-order valence-corrected chi connectivity index (χ3v) is 4.52. The fourth-order valence-corrected chi connectivity index (χ4v) is 3.05. The minimum atomic E-state index is -2.46. The summed E-state index contributed by atoms with van der Waals surface area (Å²) in [6.45, 7) is 2.26. The lowest BCUT2D eigenvalue weighted by Gasteiger charge is -2.21. The van der Waals surface area contributed by atoms with Crippen LogP contribution in [0.25, 0.3) is 0 Å². The summed E-state index contributed by atoms with van der Waals surface area (Å²) in [5, 5.41) is 0. The molecule has 2 aromatic carbocycles. The van der Waals surface area contributed by atoms with E-state index < -0.39 is 9.53 Å². The second kappa shape index (κ2) is 7.69. The number of hydrogen-bond donors (Lipinski definition) is 3. The summed E-state index contributed by atoms with van der Waals surface area (Å²) in [6.07, 6.45) is -0.153. The molecule has 0 aliphatic heterocycles. The molecule has 0 fully saturated rings. The Morgan fingerprint density at radius 2 is 1.27 bits per heavy atom. The number of hydrogen-bond acceptors (Lipinski definition) is 6. The van der Waals surface area contributed by atoms with E-state index in [9.17, 15) is 0 Å². The van der Waals surface area contributed by atoms with Gasteiger partial charge in [0.25, 0.3) is 0 Å². The first-order valence-corrected chi connectivity index (χ1v) is 8.38. The van der Waals surface area contributed by atoms with Gasteiger partial charge in [-0.2, -0.15) is 0 Å². The summed E-state index contributed by atoms with van der Waals surface area (Å²) < 4.78 is 17.4. The van der Waals surface area contributed by atoms with Crippen molar-refractivity contribution in [2.45, 2.75) is 13.0 Å². The number of nitrogen functional groups attached to an aromatic ring is 2. The third kappa shape index (κ3) is 4.96. The van der Waals surface area contributed by atoms with E-state index in [2.05, 4.69) is 0 Å².